The van der Waals surface area contributed by atoms with Crippen LogP contribution in [0.4, 0.5) is 16.2 Å². The highest BCUT2D eigenvalue weighted by molar-refractivity contribution is 6.30. The molecule has 1 aliphatic rings. The number of piperidine rings is 1. The Labute approximate surface area is 188 Å². The van der Waals surface area contributed by atoms with Crippen molar-refractivity contribution in [3.8, 4) is 0 Å². The maximum atomic E-state index is 12.7. The number of halogens is 1. The molecular weight excluding hydrogens is 414 g/mol. The number of hydrogen-bond donors (Lipinski definition) is 3. The van der Waals surface area contributed by atoms with Gasteiger partial charge in [-0.1, -0.05) is 24.9 Å². The second-order valence-corrected chi connectivity index (χ2v) is 8.26. The van der Waals surface area contributed by atoms with E-state index in [9.17, 15) is 9.59 Å². The Morgan fingerprint density at radius 2 is 1.81 bits per heavy atom. The summed E-state index contributed by atoms with van der Waals surface area (Å²) in [6.07, 6.45) is 7.04. The number of pyridine rings is 1. The minimum Gasteiger partial charge on any atom is -0.371 e. The predicted molar refractivity (Wildman–Crippen MR) is 124 cm³/mol. The molecule has 1 saturated heterocycles. The smallest absolute Gasteiger partial charge is 0.319 e. The summed E-state index contributed by atoms with van der Waals surface area (Å²) >= 11 is 5.87. The lowest BCUT2D eigenvalue weighted by molar-refractivity contribution is -0.123. The third-order valence-corrected chi connectivity index (χ3v) is 5.76. The molecule has 1 aliphatic heterocycles. The first-order valence-electron chi connectivity index (χ1n) is 10.8. The topological polar surface area (TPSA) is 86.4 Å². The highest BCUT2D eigenvalue weighted by atomic mass is 35.5. The van der Waals surface area contributed by atoms with Gasteiger partial charge in [0.05, 0.1) is 0 Å². The summed E-state index contributed by atoms with van der Waals surface area (Å²) in [6.45, 7) is 4.55. The number of urea groups is 1. The van der Waals surface area contributed by atoms with Crippen LogP contribution in [0.15, 0.2) is 48.8 Å². The van der Waals surface area contributed by atoms with E-state index in [1.54, 1.807) is 24.3 Å². The molecule has 7 nitrogen and oxygen atoms in total. The van der Waals surface area contributed by atoms with Crippen molar-refractivity contribution in [2.24, 2.45) is 5.92 Å². The van der Waals surface area contributed by atoms with Crippen molar-refractivity contribution in [2.75, 3.05) is 29.9 Å². The fourth-order valence-electron chi connectivity index (χ4n) is 3.73. The van der Waals surface area contributed by atoms with Gasteiger partial charge in [-0.05, 0) is 61.6 Å². The molecule has 31 heavy (non-hydrogen) atoms. The van der Waals surface area contributed by atoms with E-state index in [0.29, 0.717) is 29.6 Å². The fraction of sp³-hybridized carbons (Fsp3) is 0.435. The van der Waals surface area contributed by atoms with E-state index in [2.05, 4.69) is 25.8 Å². The van der Waals surface area contributed by atoms with Crippen molar-refractivity contribution < 1.29 is 9.59 Å². The van der Waals surface area contributed by atoms with E-state index in [1.807, 2.05) is 31.5 Å². The van der Waals surface area contributed by atoms with E-state index in [1.165, 1.54) is 5.69 Å². The third kappa shape index (κ3) is 7.14. The quantitative estimate of drug-likeness (QED) is 0.574. The minimum atomic E-state index is -0.561. The molecule has 2 aromatic rings. The molecule has 3 rings (SSSR count). The second kappa shape index (κ2) is 11.6. The number of amides is 3. The molecule has 0 spiro atoms. The van der Waals surface area contributed by atoms with E-state index in [-0.39, 0.29) is 5.91 Å². The summed E-state index contributed by atoms with van der Waals surface area (Å²) in [6, 6.07) is 9.93. The molecule has 3 amide bonds. The normalized spacial score (nSPS) is 15.2. The van der Waals surface area contributed by atoms with Crippen LogP contribution < -0.4 is 20.9 Å². The number of nitrogens with one attached hydrogen (secondary N) is 3. The summed E-state index contributed by atoms with van der Waals surface area (Å²) in [5, 5.41) is 9.17. The van der Waals surface area contributed by atoms with Gasteiger partial charge in [0.1, 0.15) is 6.04 Å². The molecule has 0 radical (unpaired) electrons. The molecule has 2 heterocycles. The van der Waals surface area contributed by atoms with Crippen LogP contribution in [0.1, 0.15) is 32.6 Å². The SMILES string of the molecule is CCC[C@H](NC(=O)Nc1ccc(Cl)cc1)C(=O)NCC1CCN(c2ccncc2)CC1. The highest BCUT2D eigenvalue weighted by Gasteiger charge is 2.23. The van der Waals surface area contributed by atoms with Crippen LogP contribution in [0, 0.1) is 5.92 Å². The zero-order valence-corrected chi connectivity index (χ0v) is 18.6. The average Bonchev–Trinajstić information content (AvgIpc) is 2.79. The lowest BCUT2D eigenvalue weighted by atomic mass is 9.96. The summed E-state index contributed by atoms with van der Waals surface area (Å²) in [5.41, 5.74) is 1.81. The lowest BCUT2D eigenvalue weighted by Crippen LogP contribution is -2.49. The molecule has 1 atom stereocenters. The first kappa shape index (κ1) is 22.9. The summed E-state index contributed by atoms with van der Waals surface area (Å²) in [5.74, 6) is 0.303. The van der Waals surface area contributed by atoms with Crippen LogP contribution in [0.5, 0.6) is 0 Å². The number of rotatable bonds is 8. The van der Waals surface area contributed by atoms with Gasteiger partial charge in [-0.2, -0.15) is 0 Å². The second-order valence-electron chi connectivity index (χ2n) is 7.83. The zero-order chi connectivity index (χ0) is 22.1. The summed E-state index contributed by atoms with van der Waals surface area (Å²) in [7, 11) is 0. The molecule has 0 unspecified atom stereocenters. The first-order valence-corrected chi connectivity index (χ1v) is 11.2. The molecule has 1 aromatic heterocycles. The van der Waals surface area contributed by atoms with Gasteiger partial charge >= 0.3 is 6.03 Å². The highest BCUT2D eigenvalue weighted by Crippen LogP contribution is 2.22. The third-order valence-electron chi connectivity index (χ3n) is 5.51. The molecular formula is C23H30ClN5O2. The van der Waals surface area contributed by atoms with Gasteiger partial charge in [-0.3, -0.25) is 9.78 Å². The number of hydrogen-bond acceptors (Lipinski definition) is 4. The van der Waals surface area contributed by atoms with Gasteiger partial charge in [0.2, 0.25) is 5.91 Å². The van der Waals surface area contributed by atoms with Crippen LogP contribution in [-0.2, 0) is 4.79 Å². The Morgan fingerprint density at radius 3 is 2.45 bits per heavy atom. The molecule has 1 aromatic carbocycles. The van der Waals surface area contributed by atoms with Crippen molar-refractivity contribution in [3.05, 3.63) is 53.8 Å². The lowest BCUT2D eigenvalue weighted by Gasteiger charge is -2.33. The molecule has 166 valence electrons. The first-order chi connectivity index (χ1) is 15.0. The fourth-order valence-corrected chi connectivity index (χ4v) is 3.86. The number of aromatic nitrogens is 1. The molecule has 8 heteroatoms. The molecule has 1 fully saturated rings. The van der Waals surface area contributed by atoms with Crippen LogP contribution >= 0.6 is 11.6 Å². The van der Waals surface area contributed by atoms with Crippen LogP contribution in [0.25, 0.3) is 0 Å². The van der Waals surface area contributed by atoms with Crippen molar-refractivity contribution in [2.45, 2.75) is 38.6 Å². The van der Waals surface area contributed by atoms with Gasteiger partial charge < -0.3 is 20.9 Å². The Hall–Kier alpha value is -2.80. The Morgan fingerprint density at radius 1 is 1.13 bits per heavy atom. The number of anilines is 2. The largest absolute Gasteiger partial charge is 0.371 e. The van der Waals surface area contributed by atoms with Crippen molar-refractivity contribution >= 4 is 34.9 Å². The van der Waals surface area contributed by atoms with E-state index in [4.69, 9.17) is 11.6 Å². The Kier molecular flexibility index (Phi) is 8.53. The van der Waals surface area contributed by atoms with Gasteiger partial charge in [-0.25, -0.2) is 4.79 Å². The van der Waals surface area contributed by atoms with Crippen molar-refractivity contribution in [1.82, 2.24) is 15.6 Å². The molecule has 0 bridgehead atoms. The van der Waals surface area contributed by atoms with Crippen LogP contribution in [-0.4, -0.2) is 42.6 Å². The maximum Gasteiger partial charge on any atom is 0.319 e. The number of carbonyl (C=O) groups excluding carboxylic acids is 2. The van der Waals surface area contributed by atoms with Gasteiger partial charge in [0.25, 0.3) is 0 Å². The summed E-state index contributed by atoms with van der Waals surface area (Å²) < 4.78 is 0. The van der Waals surface area contributed by atoms with Crippen LogP contribution in [0.2, 0.25) is 5.02 Å². The van der Waals surface area contributed by atoms with E-state index in [0.717, 1.165) is 32.4 Å². The Balaban J connectivity index is 1.43. The predicted octanol–water partition coefficient (Wildman–Crippen LogP) is 4.06. The molecule has 3 N–H and O–H groups in total. The number of carbonyl (C=O) groups is 2. The minimum absolute atomic E-state index is 0.135. The van der Waals surface area contributed by atoms with Crippen molar-refractivity contribution in [3.63, 3.8) is 0 Å². The monoisotopic (exact) mass is 443 g/mol. The standard InChI is InChI=1S/C23H30ClN5O2/c1-2-3-21(28-23(31)27-19-6-4-18(24)5-7-19)22(30)26-16-17-10-14-29(15-11-17)20-8-12-25-13-9-20/h4-9,12-13,17,21H,2-3,10-11,14-16H2,1H3,(H,26,30)(H2,27,28,31)/t21-/m0/s1. The molecule has 0 aliphatic carbocycles. The number of benzene rings is 1. The van der Waals surface area contributed by atoms with E-state index >= 15 is 0 Å². The van der Waals surface area contributed by atoms with Crippen LogP contribution in [0.3, 0.4) is 0 Å². The Bertz CT molecular complexity index is 839. The zero-order valence-electron chi connectivity index (χ0n) is 17.8. The molecule has 0 saturated carbocycles. The van der Waals surface area contributed by atoms with Gasteiger partial charge in [-0.15, -0.1) is 0 Å². The number of nitrogens with zero attached hydrogens (tertiary/aromatic N) is 2. The maximum absolute atomic E-state index is 12.7. The van der Waals surface area contributed by atoms with E-state index < -0.39 is 12.1 Å². The van der Waals surface area contributed by atoms with Gasteiger partial charge in [0.15, 0.2) is 0 Å². The summed E-state index contributed by atoms with van der Waals surface area (Å²) in [4.78, 5) is 31.4. The van der Waals surface area contributed by atoms with Crippen molar-refractivity contribution in [1.29, 1.82) is 0 Å². The van der Waals surface area contributed by atoms with Gasteiger partial charge in [0, 0.05) is 48.4 Å². The average molecular weight is 444 g/mol.